The zero-order valence-electron chi connectivity index (χ0n) is 16.5. The summed E-state index contributed by atoms with van der Waals surface area (Å²) in [5.74, 6) is 0. The molecule has 0 heterocycles. The number of hydrogen-bond donors (Lipinski definition) is 0. The van der Waals surface area contributed by atoms with Crippen molar-refractivity contribution in [2.75, 3.05) is 0 Å². The van der Waals surface area contributed by atoms with Crippen molar-refractivity contribution >= 4 is 96.1 Å². The average Bonchev–Trinajstić information content (AvgIpc) is 2.61. The summed E-state index contributed by atoms with van der Waals surface area (Å²) in [5.41, 5.74) is 0. The van der Waals surface area contributed by atoms with E-state index in [2.05, 4.69) is 0 Å². The Balaban J connectivity index is 5.28. The topological polar surface area (TPSA) is 172 Å². The van der Waals surface area contributed by atoms with Crippen LogP contribution in [-0.4, -0.2) is 96.1 Å². The van der Waals surface area contributed by atoms with Crippen molar-refractivity contribution < 1.29 is 48.4 Å². The third-order valence-electron chi connectivity index (χ3n) is 2.87. The highest BCUT2D eigenvalue weighted by Gasteiger charge is 2.51. The van der Waals surface area contributed by atoms with Crippen LogP contribution in [0.5, 0.6) is 0 Å². The highest BCUT2D eigenvalue weighted by molar-refractivity contribution is 7.76. The largest absolute Gasteiger partial charge is 0.558 e. The van der Waals surface area contributed by atoms with Gasteiger partial charge in [-0.2, -0.15) is 0 Å². The van der Waals surface area contributed by atoms with Crippen LogP contribution in [0.3, 0.4) is 0 Å². The van der Waals surface area contributed by atoms with Gasteiger partial charge < -0.3 is 48.4 Å². The summed E-state index contributed by atoms with van der Waals surface area (Å²) >= 11 is 0. The summed E-state index contributed by atoms with van der Waals surface area (Å²) in [6, 6.07) is 0. The third kappa shape index (κ3) is 9.30. The van der Waals surface area contributed by atoms with Gasteiger partial charge in [-0.15, -0.1) is 0 Å². The quantitative estimate of drug-likeness (QED) is 0.208. The fourth-order valence-corrected chi connectivity index (χ4v) is 104. The summed E-state index contributed by atoms with van der Waals surface area (Å²) < 4.78 is 120. The molecule has 0 bridgehead atoms. The van der Waals surface area contributed by atoms with Gasteiger partial charge in [0.2, 0.25) is 0 Å². The second-order valence-electron chi connectivity index (χ2n) is 6.43. The van der Waals surface area contributed by atoms with Gasteiger partial charge in [-0.1, -0.05) is 13.1 Å². The maximum Gasteiger partial charge on any atom is 0.533 e. The number of rotatable bonds is 13. The first-order valence-corrected chi connectivity index (χ1v) is 37.2. The van der Waals surface area contributed by atoms with Gasteiger partial charge in [-0.3, -0.25) is 0 Å². The molecule has 23 heteroatoms. The van der Waals surface area contributed by atoms with Crippen molar-refractivity contribution in [1.82, 2.24) is 0 Å². The lowest BCUT2D eigenvalue weighted by molar-refractivity contribution is 0.384. The standard InChI is InChI=1S/C6H18O11Si12/c1-18(2)16-29(5,6)17-20(7)22(9)24(11)26(13)28(15)27(14)25(12)23(10)21(8)19(3)4/h1-6H3. The summed E-state index contributed by atoms with van der Waals surface area (Å²) in [7, 11) is -36.9. The minimum absolute atomic E-state index is 1.22. The normalized spacial score (nSPS) is 11.0. The van der Waals surface area contributed by atoms with Crippen LogP contribution < -0.4 is 0 Å². The smallest absolute Gasteiger partial charge is 0.533 e. The second kappa shape index (κ2) is 12.6. The van der Waals surface area contributed by atoms with E-state index in [1.54, 1.807) is 39.3 Å². The summed E-state index contributed by atoms with van der Waals surface area (Å²) in [6.45, 7) is 9.85. The van der Waals surface area contributed by atoms with Crippen LogP contribution in [0.15, 0.2) is 0 Å². The molecule has 2 radical (unpaired) electrons. The molecule has 0 spiro atoms. The lowest BCUT2D eigenvalue weighted by atomic mass is 11.9. The van der Waals surface area contributed by atoms with E-state index in [1.807, 2.05) is 0 Å². The zero-order valence-corrected chi connectivity index (χ0v) is 28.5. The van der Waals surface area contributed by atoms with E-state index in [0.29, 0.717) is 0 Å². The molecule has 0 aromatic carbocycles. The molecule has 0 saturated heterocycles. The summed E-state index contributed by atoms with van der Waals surface area (Å²) in [5, 5.41) is 0. The highest BCUT2D eigenvalue weighted by Crippen LogP contribution is 2.08. The predicted molar refractivity (Wildman–Crippen MR) is 113 cm³/mol. The van der Waals surface area contributed by atoms with Crippen LogP contribution in [0.2, 0.25) is 39.3 Å². The van der Waals surface area contributed by atoms with Gasteiger partial charge in [0.15, 0.2) is 9.04 Å². The van der Waals surface area contributed by atoms with E-state index in [1.165, 1.54) is 0 Å². The van der Waals surface area contributed by atoms with Gasteiger partial charge >= 0.3 is 78.8 Å². The molecule has 29 heavy (non-hydrogen) atoms. The van der Waals surface area contributed by atoms with E-state index in [9.17, 15) is 40.2 Å². The molecule has 0 aliphatic heterocycles. The van der Waals surface area contributed by atoms with Crippen molar-refractivity contribution in [3.63, 3.8) is 0 Å². The highest BCUT2D eigenvalue weighted by atomic mass is 30.0. The molecule has 0 rings (SSSR count). The minimum atomic E-state index is -3.73. The van der Waals surface area contributed by atoms with Crippen molar-refractivity contribution in [2.24, 2.45) is 0 Å². The SMILES string of the molecule is C[Si](C)O[Si](C)(C)O[Si](=O)[Si](=O)[Si](=O)[Si](=O)[Si](=O)[Si](=O)[Si](=O)[Si](=O)[Si](=O)[Si](C)C. The Morgan fingerprint density at radius 2 is 0.793 bits per heavy atom. The van der Waals surface area contributed by atoms with E-state index in [0.717, 1.165) is 0 Å². The molecule has 0 aromatic heterocycles. The maximum atomic E-state index is 12.2. The first kappa shape index (κ1) is 29.6. The molecule has 0 aromatic rings. The van der Waals surface area contributed by atoms with E-state index < -0.39 is 96.1 Å². The molecule has 156 valence electrons. The lowest BCUT2D eigenvalue weighted by Gasteiger charge is -2.24. The summed E-state index contributed by atoms with van der Waals surface area (Å²) in [4.78, 5) is 0. The van der Waals surface area contributed by atoms with E-state index in [4.69, 9.17) is 8.23 Å². The van der Waals surface area contributed by atoms with Gasteiger partial charge in [-0.05, 0) is 26.2 Å². The van der Waals surface area contributed by atoms with E-state index >= 15 is 0 Å². The van der Waals surface area contributed by atoms with Crippen molar-refractivity contribution in [1.29, 1.82) is 0 Å². The Kier molecular flexibility index (Phi) is 12.8. The Morgan fingerprint density at radius 1 is 0.483 bits per heavy atom. The predicted octanol–water partition coefficient (Wildman–Crippen LogP) is -2.27. The second-order valence-corrected chi connectivity index (χ2v) is 58.5. The maximum absolute atomic E-state index is 12.2. The van der Waals surface area contributed by atoms with Crippen LogP contribution in [-0.2, 0) is 48.4 Å². The van der Waals surface area contributed by atoms with Gasteiger partial charge in [0, 0.05) is 0 Å². The van der Waals surface area contributed by atoms with Crippen LogP contribution in [0.1, 0.15) is 0 Å². The van der Waals surface area contributed by atoms with Crippen LogP contribution in [0, 0.1) is 0 Å². The molecule has 0 amide bonds. The first-order valence-electron chi connectivity index (χ1n) is 7.90. The van der Waals surface area contributed by atoms with Gasteiger partial charge in [-0.25, -0.2) is 0 Å². The van der Waals surface area contributed by atoms with Crippen molar-refractivity contribution in [2.45, 2.75) is 39.3 Å². The van der Waals surface area contributed by atoms with Gasteiger partial charge in [0.1, 0.15) is 8.31 Å². The van der Waals surface area contributed by atoms with Crippen molar-refractivity contribution in [3.05, 3.63) is 0 Å². The molecule has 0 saturated carbocycles. The Morgan fingerprint density at radius 3 is 1.10 bits per heavy atom. The Labute approximate surface area is 183 Å². The van der Waals surface area contributed by atoms with Crippen LogP contribution in [0.4, 0.5) is 0 Å². The van der Waals surface area contributed by atoms with Gasteiger partial charge in [0.25, 0.3) is 0 Å². The minimum Gasteiger partial charge on any atom is -0.558 e. The molecule has 11 nitrogen and oxygen atoms in total. The van der Waals surface area contributed by atoms with Gasteiger partial charge in [0.05, 0.1) is 0 Å². The molecule has 0 atom stereocenters. The monoisotopic (exact) mass is 602 g/mol. The lowest BCUT2D eigenvalue weighted by Crippen LogP contribution is -2.54. The first-order chi connectivity index (χ1) is 13.0. The molecular formula is C6H18O11Si12. The Hall–Kier alpha value is 0.563. The number of hydrogen-bond acceptors (Lipinski definition) is 11. The van der Waals surface area contributed by atoms with E-state index in [-0.39, 0.29) is 0 Å². The summed E-state index contributed by atoms with van der Waals surface area (Å²) in [6.07, 6.45) is 0. The molecule has 0 aliphatic carbocycles. The zero-order chi connectivity index (χ0) is 23.3. The average molecular weight is 603 g/mol. The molecule has 0 fully saturated rings. The molecule has 0 N–H and O–H groups in total. The molecule has 0 aliphatic rings. The molecular weight excluding hydrogens is 585 g/mol. The van der Waals surface area contributed by atoms with Crippen LogP contribution in [0.25, 0.3) is 0 Å². The fourth-order valence-electron chi connectivity index (χ4n) is 1.72. The van der Waals surface area contributed by atoms with Crippen LogP contribution >= 0.6 is 0 Å². The fraction of sp³-hybridized carbons (Fsp3) is 1.00. The molecule has 0 unspecified atom stereocenters. The van der Waals surface area contributed by atoms with Crippen molar-refractivity contribution in [3.8, 4) is 0 Å². The Bertz CT molecular complexity index is 828. The third-order valence-corrected chi connectivity index (χ3v) is 77.5.